The predicted octanol–water partition coefficient (Wildman–Crippen LogP) is 3.77. The zero-order valence-electron chi connectivity index (χ0n) is 14.8. The van der Waals surface area contributed by atoms with E-state index in [-0.39, 0.29) is 12.4 Å². The largest absolute Gasteiger partial charge is 0.343 e. The molecule has 4 heteroatoms. The highest BCUT2D eigenvalue weighted by molar-refractivity contribution is 5.85. The van der Waals surface area contributed by atoms with Gasteiger partial charge in [0.15, 0.2) is 0 Å². The average molecular weight is 351 g/mol. The first-order valence-corrected chi connectivity index (χ1v) is 9.28. The van der Waals surface area contributed by atoms with Crippen LogP contribution in [0, 0.1) is 5.92 Å². The highest BCUT2D eigenvalue weighted by Gasteiger charge is 2.27. The number of likely N-dealkylation sites (tertiary alicyclic amines) is 1. The first kappa shape index (κ1) is 19.3. The van der Waals surface area contributed by atoms with Gasteiger partial charge in [-0.2, -0.15) is 0 Å². The standard InChI is InChI=1S/C20H30N2O.ClH/c1-21-12-9-16-10-13-22(14-11-16)20(23)15-18-7-4-6-17-5-2-3-8-19(17)18;/h2-3,5,8,16,18,21H,4,6-7,9-15H2,1H3;1H. The molecule has 134 valence electrons. The molecule has 0 radical (unpaired) electrons. The van der Waals surface area contributed by atoms with E-state index in [0.717, 1.165) is 25.6 Å². The van der Waals surface area contributed by atoms with E-state index < -0.39 is 0 Å². The topological polar surface area (TPSA) is 32.3 Å². The lowest BCUT2D eigenvalue weighted by molar-refractivity contribution is -0.133. The summed E-state index contributed by atoms with van der Waals surface area (Å²) in [5, 5.41) is 3.23. The summed E-state index contributed by atoms with van der Waals surface area (Å²) in [5.74, 6) is 1.61. The molecule has 3 nitrogen and oxygen atoms in total. The summed E-state index contributed by atoms with van der Waals surface area (Å²) < 4.78 is 0. The number of fused-ring (bicyclic) bond motifs is 1. The molecular formula is C20H31ClN2O. The van der Waals surface area contributed by atoms with Gasteiger partial charge in [0.1, 0.15) is 0 Å². The first-order chi connectivity index (χ1) is 11.3. The Kier molecular flexibility index (Phi) is 7.57. The highest BCUT2D eigenvalue weighted by atomic mass is 35.5. The fourth-order valence-electron chi connectivity index (χ4n) is 4.23. The van der Waals surface area contributed by atoms with Crippen LogP contribution in [0.25, 0.3) is 0 Å². The van der Waals surface area contributed by atoms with Gasteiger partial charge in [-0.15, -0.1) is 12.4 Å². The van der Waals surface area contributed by atoms with Crippen LogP contribution in [-0.4, -0.2) is 37.5 Å². The second-order valence-corrected chi connectivity index (χ2v) is 7.21. The molecule has 1 saturated heterocycles. The molecule has 1 aromatic rings. The van der Waals surface area contributed by atoms with Crippen LogP contribution < -0.4 is 5.32 Å². The van der Waals surface area contributed by atoms with E-state index in [9.17, 15) is 4.79 Å². The predicted molar refractivity (Wildman–Crippen MR) is 102 cm³/mol. The number of carbonyl (C=O) groups excluding carboxylic acids is 1. The summed E-state index contributed by atoms with van der Waals surface area (Å²) in [6.45, 7) is 3.01. The third-order valence-electron chi connectivity index (χ3n) is 5.68. The molecule has 1 heterocycles. The molecule has 1 N–H and O–H groups in total. The van der Waals surface area contributed by atoms with E-state index in [2.05, 4.69) is 34.5 Å². The number of piperidine rings is 1. The molecule has 1 aromatic carbocycles. The molecule has 1 aliphatic carbocycles. The Morgan fingerprint density at radius 1 is 1.21 bits per heavy atom. The second-order valence-electron chi connectivity index (χ2n) is 7.21. The van der Waals surface area contributed by atoms with Crippen molar-refractivity contribution in [2.24, 2.45) is 5.92 Å². The molecule has 24 heavy (non-hydrogen) atoms. The van der Waals surface area contributed by atoms with Gasteiger partial charge in [-0.05, 0) is 75.1 Å². The van der Waals surface area contributed by atoms with E-state index >= 15 is 0 Å². The lowest BCUT2D eigenvalue weighted by Crippen LogP contribution is -2.39. The van der Waals surface area contributed by atoms with Crippen LogP contribution in [0.1, 0.15) is 55.6 Å². The SMILES string of the molecule is CNCCC1CCN(C(=O)CC2CCCc3ccccc32)CC1.Cl. The molecule has 0 bridgehead atoms. The lowest BCUT2D eigenvalue weighted by Gasteiger charge is -2.34. The van der Waals surface area contributed by atoms with Gasteiger partial charge >= 0.3 is 0 Å². The second kappa shape index (κ2) is 9.43. The Hall–Kier alpha value is -1.06. The number of hydrogen-bond donors (Lipinski definition) is 1. The normalized spacial score (nSPS) is 21.0. The van der Waals surface area contributed by atoms with Gasteiger partial charge in [0.05, 0.1) is 0 Å². The molecule has 0 saturated carbocycles. The Bertz CT molecular complexity index is 526. The maximum absolute atomic E-state index is 12.7. The fourth-order valence-corrected chi connectivity index (χ4v) is 4.23. The number of amides is 1. The van der Waals surface area contributed by atoms with Crippen LogP contribution in [0.5, 0.6) is 0 Å². The van der Waals surface area contributed by atoms with Crippen molar-refractivity contribution in [2.75, 3.05) is 26.7 Å². The summed E-state index contributed by atoms with van der Waals surface area (Å²) in [4.78, 5) is 14.8. The van der Waals surface area contributed by atoms with Crippen molar-refractivity contribution in [3.63, 3.8) is 0 Å². The zero-order valence-corrected chi connectivity index (χ0v) is 15.6. The molecule has 1 atom stereocenters. The summed E-state index contributed by atoms with van der Waals surface area (Å²) in [6, 6.07) is 8.71. The van der Waals surface area contributed by atoms with Crippen molar-refractivity contribution in [1.82, 2.24) is 10.2 Å². The van der Waals surface area contributed by atoms with Crippen molar-refractivity contribution >= 4 is 18.3 Å². The van der Waals surface area contributed by atoms with Crippen LogP contribution in [0.4, 0.5) is 0 Å². The van der Waals surface area contributed by atoms with E-state index in [1.54, 1.807) is 0 Å². The van der Waals surface area contributed by atoms with Gasteiger partial charge in [-0.25, -0.2) is 0 Å². The minimum absolute atomic E-state index is 0. The Morgan fingerprint density at radius 3 is 2.71 bits per heavy atom. The molecule has 0 spiro atoms. The average Bonchev–Trinajstić information content (AvgIpc) is 2.60. The third-order valence-corrected chi connectivity index (χ3v) is 5.68. The molecule has 1 amide bonds. The van der Waals surface area contributed by atoms with E-state index in [4.69, 9.17) is 0 Å². The molecule has 1 aliphatic heterocycles. The highest BCUT2D eigenvalue weighted by Crippen LogP contribution is 2.34. The first-order valence-electron chi connectivity index (χ1n) is 9.28. The van der Waals surface area contributed by atoms with Crippen LogP contribution >= 0.6 is 12.4 Å². The molecule has 2 aliphatic rings. The van der Waals surface area contributed by atoms with Gasteiger partial charge in [0, 0.05) is 19.5 Å². The summed E-state index contributed by atoms with van der Waals surface area (Å²) in [5.41, 5.74) is 2.89. The number of benzene rings is 1. The summed E-state index contributed by atoms with van der Waals surface area (Å²) in [7, 11) is 2.01. The van der Waals surface area contributed by atoms with Gasteiger partial charge in [0.2, 0.25) is 5.91 Å². The van der Waals surface area contributed by atoms with Crippen molar-refractivity contribution < 1.29 is 4.79 Å². The Balaban J connectivity index is 0.00000208. The molecule has 0 aromatic heterocycles. The Labute approximate surface area is 152 Å². The maximum Gasteiger partial charge on any atom is 0.223 e. The monoisotopic (exact) mass is 350 g/mol. The molecule has 3 rings (SSSR count). The van der Waals surface area contributed by atoms with Crippen LogP contribution in [-0.2, 0) is 11.2 Å². The van der Waals surface area contributed by atoms with Gasteiger partial charge in [-0.1, -0.05) is 24.3 Å². The lowest BCUT2D eigenvalue weighted by atomic mass is 9.80. The zero-order chi connectivity index (χ0) is 16.1. The molecular weight excluding hydrogens is 320 g/mol. The summed E-state index contributed by atoms with van der Waals surface area (Å²) in [6.07, 6.45) is 7.87. The van der Waals surface area contributed by atoms with E-state index in [1.807, 2.05) is 7.05 Å². The number of nitrogens with one attached hydrogen (secondary N) is 1. The quantitative estimate of drug-likeness (QED) is 0.876. The minimum Gasteiger partial charge on any atom is -0.343 e. The number of halogens is 1. The van der Waals surface area contributed by atoms with Gasteiger partial charge in [-0.3, -0.25) is 4.79 Å². The number of hydrogen-bond acceptors (Lipinski definition) is 2. The van der Waals surface area contributed by atoms with Crippen LogP contribution in [0.3, 0.4) is 0 Å². The van der Waals surface area contributed by atoms with Crippen LogP contribution in [0.15, 0.2) is 24.3 Å². The smallest absolute Gasteiger partial charge is 0.223 e. The third kappa shape index (κ3) is 4.73. The van der Waals surface area contributed by atoms with Crippen molar-refractivity contribution in [2.45, 2.75) is 50.9 Å². The number of aryl methyl sites for hydroxylation is 1. The van der Waals surface area contributed by atoms with E-state index in [1.165, 1.54) is 49.7 Å². The van der Waals surface area contributed by atoms with Crippen molar-refractivity contribution in [3.05, 3.63) is 35.4 Å². The van der Waals surface area contributed by atoms with Crippen molar-refractivity contribution in [1.29, 1.82) is 0 Å². The molecule has 1 fully saturated rings. The summed E-state index contributed by atoms with van der Waals surface area (Å²) >= 11 is 0. The van der Waals surface area contributed by atoms with Crippen LogP contribution in [0.2, 0.25) is 0 Å². The maximum atomic E-state index is 12.7. The fraction of sp³-hybridized carbons (Fsp3) is 0.650. The number of nitrogens with zero attached hydrogens (tertiary/aromatic N) is 1. The minimum atomic E-state index is 0. The molecule has 1 unspecified atom stereocenters. The van der Waals surface area contributed by atoms with Gasteiger partial charge < -0.3 is 10.2 Å². The number of rotatable bonds is 5. The van der Waals surface area contributed by atoms with Gasteiger partial charge in [0.25, 0.3) is 0 Å². The Morgan fingerprint density at radius 2 is 1.96 bits per heavy atom. The van der Waals surface area contributed by atoms with Crippen molar-refractivity contribution in [3.8, 4) is 0 Å². The van der Waals surface area contributed by atoms with E-state index in [0.29, 0.717) is 18.2 Å². The number of carbonyl (C=O) groups is 1.